The molecule has 1 unspecified atom stereocenters. The van der Waals surface area contributed by atoms with Gasteiger partial charge in [-0.3, -0.25) is 4.57 Å². The molecule has 0 amide bonds. The van der Waals surface area contributed by atoms with E-state index in [4.69, 9.17) is 13.8 Å². The first-order valence-corrected chi connectivity index (χ1v) is 7.77. The van der Waals surface area contributed by atoms with E-state index in [1.54, 1.807) is 6.08 Å². The van der Waals surface area contributed by atoms with Crippen LogP contribution in [0.25, 0.3) is 0 Å². The highest BCUT2D eigenvalue weighted by Crippen LogP contribution is 2.52. The largest absolute Gasteiger partial charge is 0.509 e. The third kappa shape index (κ3) is 6.76. The number of allylic oxidation sites excluding steroid dienone is 1. The molecule has 0 aromatic rings. The van der Waals surface area contributed by atoms with Gasteiger partial charge in [0.2, 0.25) is 5.85 Å². The highest BCUT2D eigenvalue weighted by atomic mass is 31.2. The lowest BCUT2D eigenvalue weighted by atomic mass is 10.2. The summed E-state index contributed by atoms with van der Waals surface area (Å²) in [5.41, 5.74) is 0. The van der Waals surface area contributed by atoms with Crippen LogP contribution in [0.1, 0.15) is 32.6 Å². The topological polar surface area (TPSA) is 71.1 Å². The van der Waals surface area contributed by atoms with Crippen LogP contribution < -0.4 is 0 Å². The van der Waals surface area contributed by atoms with Gasteiger partial charge in [-0.25, -0.2) is 4.79 Å². The molecule has 0 N–H and O–H groups in total. The van der Waals surface area contributed by atoms with Crippen molar-refractivity contribution in [2.45, 2.75) is 38.5 Å². The van der Waals surface area contributed by atoms with E-state index in [2.05, 4.69) is 11.7 Å². The molecule has 1 atom stereocenters. The summed E-state index contributed by atoms with van der Waals surface area (Å²) in [5.74, 6) is -1.10. The van der Waals surface area contributed by atoms with Gasteiger partial charge in [0.05, 0.1) is 7.11 Å². The Morgan fingerprint density at radius 2 is 1.84 bits per heavy atom. The number of carbonyl (C=O) groups is 1. The second kappa shape index (κ2) is 10.0. The Labute approximate surface area is 114 Å². The van der Waals surface area contributed by atoms with Crippen molar-refractivity contribution in [3.8, 4) is 0 Å². The molecule has 7 heteroatoms. The Balaban J connectivity index is 4.67. The van der Waals surface area contributed by atoms with Crippen LogP contribution in [-0.4, -0.2) is 33.3 Å². The Morgan fingerprint density at radius 3 is 2.32 bits per heavy atom. The smallest absolute Gasteiger partial charge is 0.438 e. The number of hydrogen-bond acceptors (Lipinski definition) is 6. The van der Waals surface area contributed by atoms with Crippen molar-refractivity contribution in [2.75, 3.05) is 21.3 Å². The van der Waals surface area contributed by atoms with Crippen LogP contribution in [0.5, 0.6) is 0 Å². The van der Waals surface area contributed by atoms with E-state index < -0.39 is 19.6 Å². The lowest BCUT2D eigenvalue weighted by Crippen LogP contribution is -2.18. The minimum atomic E-state index is -3.52. The first-order valence-electron chi connectivity index (χ1n) is 6.16. The maximum Gasteiger partial charge on any atom is 0.509 e. The number of carbonyl (C=O) groups excluding carboxylic acids is 1. The Morgan fingerprint density at radius 1 is 1.21 bits per heavy atom. The number of unbranched alkanes of at least 4 members (excludes halogenated alkanes) is 3. The molecule has 112 valence electrons. The van der Waals surface area contributed by atoms with Gasteiger partial charge in [-0.2, -0.15) is 0 Å². The SMILES string of the molecule is CCCCC/C=C/C(OC(=O)OC)P(=O)(OC)OC. The first-order chi connectivity index (χ1) is 9.03. The molecule has 0 aliphatic carbocycles. The Bertz CT molecular complexity index is 320. The summed E-state index contributed by atoms with van der Waals surface area (Å²) in [6, 6.07) is 0. The maximum absolute atomic E-state index is 12.2. The van der Waals surface area contributed by atoms with E-state index in [1.807, 2.05) is 0 Å². The van der Waals surface area contributed by atoms with Crippen molar-refractivity contribution in [1.82, 2.24) is 0 Å². The van der Waals surface area contributed by atoms with Crippen LogP contribution in [0.15, 0.2) is 12.2 Å². The van der Waals surface area contributed by atoms with Crippen molar-refractivity contribution < 1.29 is 27.9 Å². The summed E-state index contributed by atoms with van der Waals surface area (Å²) in [7, 11) is 0.130. The molecule has 0 rings (SSSR count). The fourth-order valence-electron chi connectivity index (χ4n) is 1.36. The van der Waals surface area contributed by atoms with E-state index >= 15 is 0 Å². The van der Waals surface area contributed by atoms with E-state index in [9.17, 15) is 9.36 Å². The van der Waals surface area contributed by atoms with Crippen molar-refractivity contribution in [1.29, 1.82) is 0 Å². The van der Waals surface area contributed by atoms with Crippen LogP contribution in [0.3, 0.4) is 0 Å². The summed E-state index contributed by atoms with van der Waals surface area (Å²) in [6.45, 7) is 2.11. The minimum absolute atomic E-state index is 0.808. The van der Waals surface area contributed by atoms with Crippen LogP contribution in [0, 0.1) is 0 Å². The molecule has 0 saturated heterocycles. The molecular weight excluding hydrogens is 271 g/mol. The highest BCUT2D eigenvalue weighted by molar-refractivity contribution is 7.54. The van der Waals surface area contributed by atoms with Crippen molar-refractivity contribution in [2.24, 2.45) is 0 Å². The predicted octanol–water partition coefficient (Wildman–Crippen LogP) is 3.72. The standard InChI is InChI=1S/C12H23O6P/c1-5-6-7-8-9-10-11(18-12(13)15-2)19(14,16-3)17-4/h9-11H,5-8H2,1-4H3/b10-9+. The van der Waals surface area contributed by atoms with Gasteiger partial charge < -0.3 is 18.5 Å². The zero-order valence-corrected chi connectivity index (χ0v) is 12.9. The molecule has 0 bridgehead atoms. The van der Waals surface area contributed by atoms with Gasteiger partial charge in [-0.1, -0.05) is 25.8 Å². The zero-order chi connectivity index (χ0) is 14.7. The molecule has 0 aliphatic rings. The first kappa shape index (κ1) is 18.2. The summed E-state index contributed by atoms with van der Waals surface area (Å²) in [6.07, 6.45) is 6.43. The monoisotopic (exact) mass is 294 g/mol. The van der Waals surface area contributed by atoms with Gasteiger partial charge in [0.25, 0.3) is 0 Å². The van der Waals surface area contributed by atoms with Crippen LogP contribution in [-0.2, 0) is 23.1 Å². The third-order valence-corrected chi connectivity index (χ3v) is 4.40. The normalized spacial score (nSPS) is 13.5. The van der Waals surface area contributed by atoms with Gasteiger partial charge in [0.1, 0.15) is 0 Å². The number of methoxy groups -OCH3 is 1. The number of rotatable bonds is 9. The average molecular weight is 294 g/mol. The predicted molar refractivity (Wildman–Crippen MR) is 72.2 cm³/mol. The molecule has 0 fully saturated rings. The Hall–Kier alpha value is -0.840. The molecular formula is C12H23O6P. The lowest BCUT2D eigenvalue weighted by Gasteiger charge is -2.20. The van der Waals surface area contributed by atoms with E-state index in [0.717, 1.165) is 25.7 Å². The maximum atomic E-state index is 12.2. The number of ether oxygens (including phenoxy) is 2. The Kier molecular flexibility index (Phi) is 9.57. The van der Waals surface area contributed by atoms with Crippen LogP contribution >= 0.6 is 7.60 Å². The zero-order valence-electron chi connectivity index (χ0n) is 12.0. The average Bonchev–Trinajstić information content (AvgIpc) is 2.44. The summed E-state index contributed by atoms with van der Waals surface area (Å²) >= 11 is 0. The van der Waals surface area contributed by atoms with E-state index in [1.165, 1.54) is 27.4 Å². The van der Waals surface area contributed by atoms with Crippen molar-refractivity contribution in [3.05, 3.63) is 12.2 Å². The highest BCUT2D eigenvalue weighted by Gasteiger charge is 2.35. The molecule has 0 radical (unpaired) electrons. The van der Waals surface area contributed by atoms with Crippen LogP contribution in [0.4, 0.5) is 4.79 Å². The quantitative estimate of drug-likeness (QED) is 0.279. The molecule has 0 aromatic carbocycles. The van der Waals surface area contributed by atoms with Gasteiger partial charge in [-0.15, -0.1) is 0 Å². The van der Waals surface area contributed by atoms with Crippen molar-refractivity contribution in [3.63, 3.8) is 0 Å². The summed E-state index contributed by atoms with van der Waals surface area (Å²) in [4.78, 5) is 11.1. The summed E-state index contributed by atoms with van der Waals surface area (Å²) < 4.78 is 31.1. The second-order valence-corrected chi connectivity index (χ2v) is 6.11. The fraction of sp³-hybridized carbons (Fsp3) is 0.750. The van der Waals surface area contributed by atoms with E-state index in [-0.39, 0.29) is 0 Å². The molecule has 6 nitrogen and oxygen atoms in total. The van der Waals surface area contributed by atoms with Gasteiger partial charge in [0.15, 0.2) is 0 Å². The number of hydrogen-bond donors (Lipinski definition) is 0. The molecule has 0 aromatic heterocycles. The molecule has 0 heterocycles. The van der Waals surface area contributed by atoms with E-state index in [0.29, 0.717) is 0 Å². The van der Waals surface area contributed by atoms with Gasteiger partial charge in [-0.05, 0) is 18.9 Å². The fourth-order valence-corrected chi connectivity index (χ4v) is 2.48. The van der Waals surface area contributed by atoms with Crippen LogP contribution in [0.2, 0.25) is 0 Å². The molecule has 0 saturated carbocycles. The third-order valence-electron chi connectivity index (χ3n) is 2.48. The minimum Gasteiger partial charge on any atom is -0.438 e. The molecule has 0 spiro atoms. The van der Waals surface area contributed by atoms with Gasteiger partial charge >= 0.3 is 13.8 Å². The second-order valence-electron chi connectivity index (χ2n) is 3.79. The van der Waals surface area contributed by atoms with Gasteiger partial charge in [0, 0.05) is 14.2 Å². The summed E-state index contributed by atoms with van der Waals surface area (Å²) in [5, 5.41) is 0. The molecule has 0 aliphatic heterocycles. The molecule has 19 heavy (non-hydrogen) atoms. The lowest BCUT2D eigenvalue weighted by molar-refractivity contribution is 0.0625. The van der Waals surface area contributed by atoms with Crippen molar-refractivity contribution >= 4 is 13.8 Å².